The normalized spacial score (nSPS) is 10.6. The van der Waals surface area contributed by atoms with E-state index in [0.717, 1.165) is 24.3 Å². The Kier molecular flexibility index (Phi) is 5.63. The first-order chi connectivity index (χ1) is 14.2. The summed E-state index contributed by atoms with van der Waals surface area (Å²) < 4.78 is 71.6. The summed E-state index contributed by atoms with van der Waals surface area (Å²) in [4.78, 5) is 22.1. The number of hydrogen-bond acceptors (Lipinski definition) is 4. The van der Waals surface area contributed by atoms with Gasteiger partial charge in [0.2, 0.25) is 34.8 Å². The van der Waals surface area contributed by atoms with Gasteiger partial charge in [0.1, 0.15) is 5.75 Å². The lowest BCUT2D eigenvalue weighted by atomic mass is 10.2. The molecule has 0 unspecified atom stereocenters. The number of nitro groups is 1. The molecule has 0 aromatic heterocycles. The molecule has 0 aliphatic carbocycles. The lowest BCUT2D eigenvalue weighted by Gasteiger charge is -2.11. The molecule has 6 nitrogen and oxygen atoms in total. The monoisotopic (exact) mass is 424 g/mol. The average Bonchev–Trinajstić information content (AvgIpc) is 2.75. The Labute approximate surface area is 164 Å². The quantitative estimate of drug-likeness (QED) is 0.197. The number of nitro benzene ring substituents is 1. The van der Waals surface area contributed by atoms with Gasteiger partial charge in [-0.1, -0.05) is 0 Å². The van der Waals surface area contributed by atoms with Crippen molar-refractivity contribution >= 4 is 17.3 Å². The molecule has 3 rings (SSSR count). The molecule has 1 amide bonds. The Morgan fingerprint density at radius 3 is 1.80 bits per heavy atom. The Morgan fingerprint density at radius 2 is 1.30 bits per heavy atom. The van der Waals surface area contributed by atoms with Crippen LogP contribution in [0.4, 0.5) is 33.3 Å². The van der Waals surface area contributed by atoms with Crippen LogP contribution in [0.2, 0.25) is 0 Å². The number of hydrogen-bond donors (Lipinski definition) is 1. The van der Waals surface area contributed by atoms with Crippen molar-refractivity contribution in [3.05, 3.63) is 93.3 Å². The summed E-state index contributed by atoms with van der Waals surface area (Å²) >= 11 is 0. The molecule has 30 heavy (non-hydrogen) atoms. The van der Waals surface area contributed by atoms with Crippen LogP contribution in [-0.4, -0.2) is 10.8 Å². The summed E-state index contributed by atoms with van der Waals surface area (Å²) in [5, 5.41) is 13.1. The fourth-order valence-corrected chi connectivity index (χ4v) is 2.34. The highest BCUT2D eigenvalue weighted by atomic mass is 19.2. The number of carbonyl (C=O) groups excluding carboxylic acids is 1. The van der Waals surface area contributed by atoms with Crippen molar-refractivity contribution in [1.82, 2.24) is 0 Å². The van der Waals surface area contributed by atoms with Crippen LogP contribution in [0.3, 0.4) is 0 Å². The Bertz CT molecular complexity index is 1110. The lowest BCUT2D eigenvalue weighted by molar-refractivity contribution is -0.384. The van der Waals surface area contributed by atoms with Gasteiger partial charge < -0.3 is 10.1 Å². The van der Waals surface area contributed by atoms with E-state index in [1.165, 1.54) is 24.3 Å². The third-order valence-electron chi connectivity index (χ3n) is 3.84. The molecule has 3 aromatic rings. The van der Waals surface area contributed by atoms with Crippen LogP contribution in [0.5, 0.6) is 11.5 Å². The van der Waals surface area contributed by atoms with Gasteiger partial charge in [-0.25, -0.2) is 13.2 Å². The number of ether oxygens (including phenoxy) is 1. The van der Waals surface area contributed by atoms with Crippen molar-refractivity contribution in [2.75, 3.05) is 5.32 Å². The number of rotatable bonds is 5. The van der Waals surface area contributed by atoms with Gasteiger partial charge in [0, 0.05) is 23.4 Å². The zero-order valence-corrected chi connectivity index (χ0v) is 14.6. The average molecular weight is 424 g/mol. The molecule has 3 aromatic carbocycles. The Balaban J connectivity index is 1.74. The lowest BCUT2D eigenvalue weighted by Crippen LogP contribution is -2.11. The van der Waals surface area contributed by atoms with Crippen LogP contribution in [-0.2, 0) is 0 Å². The third kappa shape index (κ3) is 4.04. The molecule has 0 saturated carbocycles. The predicted molar refractivity (Wildman–Crippen MR) is 93.8 cm³/mol. The Hall–Kier alpha value is -4.02. The summed E-state index contributed by atoms with van der Waals surface area (Å²) in [6.45, 7) is 0. The molecule has 0 aliphatic rings. The SMILES string of the molecule is O=C(Nc1ccc(Oc2c(F)c(F)c(F)c(F)c2F)cc1)c1ccc([N+](=O)[O-])cc1. The number of amides is 1. The van der Waals surface area contributed by atoms with Gasteiger partial charge in [-0.15, -0.1) is 0 Å². The number of carbonyl (C=O) groups is 1. The van der Waals surface area contributed by atoms with Gasteiger partial charge in [-0.2, -0.15) is 8.78 Å². The molecule has 0 spiro atoms. The number of halogens is 5. The van der Waals surface area contributed by atoms with E-state index in [9.17, 15) is 36.9 Å². The summed E-state index contributed by atoms with van der Waals surface area (Å²) in [5.74, 6) is -13.2. The van der Waals surface area contributed by atoms with Crippen molar-refractivity contribution in [3.8, 4) is 11.5 Å². The first-order valence-electron chi connectivity index (χ1n) is 8.04. The van der Waals surface area contributed by atoms with Crippen LogP contribution in [0, 0.1) is 39.2 Å². The molecule has 0 saturated heterocycles. The van der Waals surface area contributed by atoms with E-state index in [1.54, 1.807) is 0 Å². The minimum Gasteiger partial charge on any atom is -0.451 e. The molecule has 1 N–H and O–H groups in total. The summed E-state index contributed by atoms with van der Waals surface area (Å²) in [5.41, 5.74) is 0.145. The smallest absolute Gasteiger partial charge is 0.269 e. The fourth-order valence-electron chi connectivity index (χ4n) is 2.34. The highest BCUT2D eigenvalue weighted by Crippen LogP contribution is 2.33. The molecular weight excluding hydrogens is 415 g/mol. The molecule has 0 radical (unpaired) electrons. The zero-order chi connectivity index (χ0) is 22.0. The van der Waals surface area contributed by atoms with E-state index in [1.807, 2.05) is 0 Å². The molecule has 154 valence electrons. The van der Waals surface area contributed by atoms with E-state index < -0.39 is 45.7 Å². The van der Waals surface area contributed by atoms with Crippen LogP contribution < -0.4 is 10.1 Å². The maximum Gasteiger partial charge on any atom is 0.269 e. The van der Waals surface area contributed by atoms with Crippen LogP contribution in [0.25, 0.3) is 0 Å². The predicted octanol–water partition coefficient (Wildman–Crippen LogP) is 5.33. The van der Waals surface area contributed by atoms with Crippen molar-refractivity contribution in [2.24, 2.45) is 0 Å². The van der Waals surface area contributed by atoms with Gasteiger partial charge in [-0.3, -0.25) is 14.9 Å². The first-order valence-corrected chi connectivity index (χ1v) is 8.04. The van der Waals surface area contributed by atoms with Crippen molar-refractivity contribution < 1.29 is 36.4 Å². The Morgan fingerprint density at radius 1 is 0.800 bits per heavy atom. The molecular formula is C19H9F5N2O4. The van der Waals surface area contributed by atoms with Crippen molar-refractivity contribution in [3.63, 3.8) is 0 Å². The maximum absolute atomic E-state index is 13.7. The highest BCUT2D eigenvalue weighted by molar-refractivity contribution is 6.04. The fraction of sp³-hybridized carbons (Fsp3) is 0. The topological polar surface area (TPSA) is 81.5 Å². The highest BCUT2D eigenvalue weighted by Gasteiger charge is 2.27. The number of benzene rings is 3. The van der Waals surface area contributed by atoms with E-state index in [4.69, 9.17) is 4.74 Å². The number of anilines is 1. The molecule has 0 fully saturated rings. The number of nitrogens with zero attached hydrogens (tertiary/aromatic N) is 1. The van der Waals surface area contributed by atoms with Gasteiger partial charge in [0.05, 0.1) is 4.92 Å². The van der Waals surface area contributed by atoms with E-state index in [0.29, 0.717) is 0 Å². The molecule has 0 atom stereocenters. The van der Waals surface area contributed by atoms with E-state index in [-0.39, 0.29) is 22.7 Å². The number of nitrogens with one attached hydrogen (secondary N) is 1. The second-order valence-corrected chi connectivity index (χ2v) is 5.78. The summed E-state index contributed by atoms with van der Waals surface area (Å²) in [6, 6.07) is 9.55. The summed E-state index contributed by atoms with van der Waals surface area (Å²) in [7, 11) is 0. The maximum atomic E-state index is 13.7. The van der Waals surface area contributed by atoms with Crippen LogP contribution in [0.15, 0.2) is 48.5 Å². The van der Waals surface area contributed by atoms with Crippen LogP contribution in [0.1, 0.15) is 10.4 Å². The molecule has 0 aliphatic heterocycles. The second-order valence-electron chi connectivity index (χ2n) is 5.78. The van der Waals surface area contributed by atoms with Gasteiger partial charge >= 0.3 is 0 Å². The molecule has 0 heterocycles. The standard InChI is InChI=1S/C19H9F5N2O4/c20-13-14(21)16(23)18(17(24)15(13)22)30-12-7-3-10(4-8-12)25-19(27)9-1-5-11(6-2-9)26(28)29/h1-8H,(H,25,27). The van der Waals surface area contributed by atoms with Gasteiger partial charge in [0.15, 0.2) is 0 Å². The van der Waals surface area contributed by atoms with Crippen molar-refractivity contribution in [1.29, 1.82) is 0 Å². The second kappa shape index (κ2) is 8.15. The van der Waals surface area contributed by atoms with E-state index in [2.05, 4.69) is 5.32 Å². The third-order valence-corrected chi connectivity index (χ3v) is 3.84. The first kappa shape index (κ1) is 20.7. The number of non-ortho nitro benzene ring substituents is 1. The van der Waals surface area contributed by atoms with Crippen molar-refractivity contribution in [2.45, 2.75) is 0 Å². The van der Waals surface area contributed by atoms with Gasteiger partial charge in [-0.05, 0) is 36.4 Å². The molecule has 0 bridgehead atoms. The minimum atomic E-state index is -2.30. The zero-order valence-electron chi connectivity index (χ0n) is 14.6. The van der Waals surface area contributed by atoms with E-state index >= 15 is 0 Å². The summed E-state index contributed by atoms with van der Waals surface area (Å²) in [6.07, 6.45) is 0. The molecule has 11 heteroatoms. The van der Waals surface area contributed by atoms with Crippen LogP contribution >= 0.6 is 0 Å². The minimum absolute atomic E-state index is 0.127. The largest absolute Gasteiger partial charge is 0.451 e. The van der Waals surface area contributed by atoms with Gasteiger partial charge in [0.25, 0.3) is 11.6 Å².